The predicted octanol–water partition coefficient (Wildman–Crippen LogP) is 2.42. The van der Waals surface area contributed by atoms with Crippen LogP contribution >= 0.6 is 0 Å². The maximum Gasteiger partial charge on any atom is 0.0271 e. The number of aromatic nitrogens is 1. The molecule has 1 heterocycles. The minimum absolute atomic E-state index is 0.310. The minimum Gasteiger partial charge on any atom is -0.326 e. The first-order valence-electron chi connectivity index (χ1n) is 6.83. The summed E-state index contributed by atoms with van der Waals surface area (Å²) < 4.78 is 0. The van der Waals surface area contributed by atoms with Gasteiger partial charge in [-0.05, 0) is 49.4 Å². The third-order valence-electron chi connectivity index (χ3n) is 4.16. The van der Waals surface area contributed by atoms with E-state index < -0.39 is 0 Å². The molecule has 2 N–H and O–H groups in total. The highest BCUT2D eigenvalue weighted by molar-refractivity contribution is 5.10. The van der Waals surface area contributed by atoms with Gasteiger partial charge in [-0.2, -0.15) is 0 Å². The van der Waals surface area contributed by atoms with E-state index in [9.17, 15) is 0 Å². The maximum absolute atomic E-state index is 6.30. The van der Waals surface area contributed by atoms with Crippen LogP contribution in [0.1, 0.15) is 38.7 Å². The Morgan fingerprint density at radius 2 is 2.06 bits per heavy atom. The van der Waals surface area contributed by atoms with Crippen LogP contribution in [0, 0.1) is 5.41 Å². The van der Waals surface area contributed by atoms with E-state index in [1.54, 1.807) is 0 Å². The summed E-state index contributed by atoms with van der Waals surface area (Å²) in [6.07, 6.45) is 7.28. The molecule has 1 aliphatic rings. The summed E-state index contributed by atoms with van der Waals surface area (Å²) in [4.78, 5) is 6.46. The zero-order chi connectivity index (χ0) is 13.2. The molecule has 1 aromatic heterocycles. The summed E-state index contributed by atoms with van der Waals surface area (Å²) in [5.41, 5.74) is 8.03. The molecule has 0 aromatic carbocycles. The second-order valence-corrected chi connectivity index (χ2v) is 6.41. The molecule has 0 spiro atoms. The fourth-order valence-corrected chi connectivity index (χ4v) is 2.95. The van der Waals surface area contributed by atoms with Crippen LogP contribution < -0.4 is 5.73 Å². The molecule has 2 rings (SSSR count). The van der Waals surface area contributed by atoms with Crippen molar-refractivity contribution in [2.45, 2.75) is 51.7 Å². The molecule has 18 heavy (non-hydrogen) atoms. The van der Waals surface area contributed by atoms with E-state index >= 15 is 0 Å². The molecule has 1 aliphatic carbocycles. The summed E-state index contributed by atoms with van der Waals surface area (Å²) in [5, 5.41) is 0. The number of rotatable bonds is 3. The SMILES string of the molecule is CN(Cc1ccncc1)C1CC(C)(C)CCC1N. The highest BCUT2D eigenvalue weighted by Gasteiger charge is 2.34. The van der Waals surface area contributed by atoms with E-state index in [4.69, 9.17) is 5.73 Å². The van der Waals surface area contributed by atoms with Crippen LogP contribution in [-0.2, 0) is 6.54 Å². The summed E-state index contributed by atoms with van der Waals surface area (Å²) >= 11 is 0. The monoisotopic (exact) mass is 247 g/mol. The Morgan fingerprint density at radius 3 is 2.72 bits per heavy atom. The highest BCUT2D eigenvalue weighted by Crippen LogP contribution is 2.36. The van der Waals surface area contributed by atoms with Crippen molar-refractivity contribution in [2.24, 2.45) is 11.1 Å². The van der Waals surface area contributed by atoms with E-state index in [0.29, 0.717) is 17.5 Å². The van der Waals surface area contributed by atoms with Crippen LogP contribution in [0.3, 0.4) is 0 Å². The van der Waals surface area contributed by atoms with Gasteiger partial charge in [-0.1, -0.05) is 13.8 Å². The van der Waals surface area contributed by atoms with Gasteiger partial charge in [0.15, 0.2) is 0 Å². The van der Waals surface area contributed by atoms with Gasteiger partial charge in [0, 0.05) is 31.0 Å². The lowest BCUT2D eigenvalue weighted by Gasteiger charge is -2.43. The van der Waals surface area contributed by atoms with Gasteiger partial charge in [0.1, 0.15) is 0 Å². The Bertz CT molecular complexity index is 375. The van der Waals surface area contributed by atoms with Crippen molar-refractivity contribution >= 4 is 0 Å². The molecule has 3 nitrogen and oxygen atoms in total. The van der Waals surface area contributed by atoms with Crippen molar-refractivity contribution in [1.82, 2.24) is 9.88 Å². The summed E-state index contributed by atoms with van der Waals surface area (Å²) in [5.74, 6) is 0. The van der Waals surface area contributed by atoms with E-state index in [1.165, 1.54) is 18.4 Å². The normalized spacial score (nSPS) is 27.4. The Balaban J connectivity index is 2.01. The lowest BCUT2D eigenvalue weighted by Crippen LogP contribution is -2.51. The molecule has 1 aromatic rings. The number of hydrogen-bond acceptors (Lipinski definition) is 3. The van der Waals surface area contributed by atoms with E-state index in [-0.39, 0.29) is 0 Å². The van der Waals surface area contributed by atoms with Gasteiger partial charge in [0.2, 0.25) is 0 Å². The molecular weight excluding hydrogens is 222 g/mol. The molecule has 0 bridgehead atoms. The molecule has 0 saturated heterocycles. The van der Waals surface area contributed by atoms with Crippen LogP contribution in [-0.4, -0.2) is 29.0 Å². The molecule has 0 aliphatic heterocycles. The van der Waals surface area contributed by atoms with Gasteiger partial charge in [-0.3, -0.25) is 9.88 Å². The van der Waals surface area contributed by atoms with Gasteiger partial charge in [-0.15, -0.1) is 0 Å². The summed E-state index contributed by atoms with van der Waals surface area (Å²) in [6.45, 7) is 5.66. The van der Waals surface area contributed by atoms with Crippen LogP contribution in [0.25, 0.3) is 0 Å². The Morgan fingerprint density at radius 1 is 1.39 bits per heavy atom. The number of nitrogens with two attached hydrogens (primary N) is 1. The fourth-order valence-electron chi connectivity index (χ4n) is 2.95. The highest BCUT2D eigenvalue weighted by atomic mass is 15.1. The quantitative estimate of drug-likeness (QED) is 0.892. The summed E-state index contributed by atoms with van der Waals surface area (Å²) in [6, 6.07) is 4.96. The molecular formula is C15H25N3. The molecule has 0 radical (unpaired) electrons. The van der Waals surface area contributed by atoms with Crippen LogP contribution in [0.15, 0.2) is 24.5 Å². The summed E-state index contributed by atoms with van der Waals surface area (Å²) in [7, 11) is 2.19. The predicted molar refractivity (Wildman–Crippen MR) is 75.1 cm³/mol. The molecule has 2 atom stereocenters. The molecule has 3 heteroatoms. The number of hydrogen-bond donors (Lipinski definition) is 1. The second-order valence-electron chi connectivity index (χ2n) is 6.41. The van der Waals surface area contributed by atoms with Crippen LogP contribution in [0.4, 0.5) is 0 Å². The molecule has 1 fully saturated rings. The zero-order valence-corrected chi connectivity index (χ0v) is 11.8. The number of pyridine rings is 1. The Labute approximate surface area is 110 Å². The molecule has 2 unspecified atom stereocenters. The first-order valence-corrected chi connectivity index (χ1v) is 6.83. The number of likely N-dealkylation sites (N-methyl/N-ethyl adjacent to an activating group) is 1. The van der Waals surface area contributed by atoms with Gasteiger partial charge in [0.05, 0.1) is 0 Å². The smallest absolute Gasteiger partial charge is 0.0271 e. The molecule has 0 amide bonds. The Hall–Kier alpha value is -0.930. The standard InChI is InChI=1S/C15H25N3/c1-15(2)7-4-13(16)14(10-15)18(3)11-12-5-8-17-9-6-12/h5-6,8-9,13-14H,4,7,10-11,16H2,1-3H3. The van der Waals surface area contributed by atoms with E-state index in [0.717, 1.165) is 13.0 Å². The first kappa shape index (κ1) is 13.5. The van der Waals surface area contributed by atoms with Crippen LogP contribution in [0.5, 0.6) is 0 Å². The van der Waals surface area contributed by atoms with Crippen molar-refractivity contribution in [2.75, 3.05) is 7.05 Å². The average molecular weight is 247 g/mol. The van der Waals surface area contributed by atoms with Crippen LogP contribution in [0.2, 0.25) is 0 Å². The van der Waals surface area contributed by atoms with Crippen molar-refractivity contribution < 1.29 is 0 Å². The molecule has 1 saturated carbocycles. The fraction of sp³-hybridized carbons (Fsp3) is 0.667. The lowest BCUT2D eigenvalue weighted by molar-refractivity contribution is 0.0917. The topological polar surface area (TPSA) is 42.2 Å². The van der Waals surface area contributed by atoms with Crippen molar-refractivity contribution in [3.05, 3.63) is 30.1 Å². The number of nitrogens with zero attached hydrogens (tertiary/aromatic N) is 2. The van der Waals surface area contributed by atoms with Gasteiger partial charge in [0.25, 0.3) is 0 Å². The largest absolute Gasteiger partial charge is 0.326 e. The van der Waals surface area contributed by atoms with E-state index in [2.05, 4.69) is 42.9 Å². The van der Waals surface area contributed by atoms with Crippen molar-refractivity contribution in [3.8, 4) is 0 Å². The lowest BCUT2D eigenvalue weighted by atomic mass is 9.72. The second kappa shape index (κ2) is 5.37. The first-order chi connectivity index (χ1) is 8.48. The third-order valence-corrected chi connectivity index (χ3v) is 4.16. The van der Waals surface area contributed by atoms with Gasteiger partial charge < -0.3 is 5.73 Å². The molecule has 100 valence electrons. The van der Waals surface area contributed by atoms with Crippen molar-refractivity contribution in [3.63, 3.8) is 0 Å². The average Bonchev–Trinajstić information content (AvgIpc) is 2.33. The third kappa shape index (κ3) is 3.30. The van der Waals surface area contributed by atoms with E-state index in [1.807, 2.05) is 12.4 Å². The van der Waals surface area contributed by atoms with Crippen molar-refractivity contribution in [1.29, 1.82) is 0 Å². The van der Waals surface area contributed by atoms with Gasteiger partial charge >= 0.3 is 0 Å². The zero-order valence-electron chi connectivity index (χ0n) is 11.8. The minimum atomic E-state index is 0.310. The maximum atomic E-state index is 6.30. The van der Waals surface area contributed by atoms with Gasteiger partial charge in [-0.25, -0.2) is 0 Å². The Kier molecular flexibility index (Phi) is 4.03.